The van der Waals surface area contributed by atoms with E-state index in [0.717, 1.165) is 5.52 Å². The van der Waals surface area contributed by atoms with E-state index in [1.807, 2.05) is 11.6 Å². The number of benzene rings is 1. The highest BCUT2D eigenvalue weighted by Crippen LogP contribution is 2.23. The Morgan fingerprint density at radius 3 is 2.68 bits per heavy atom. The summed E-state index contributed by atoms with van der Waals surface area (Å²) >= 11 is 0. The lowest BCUT2D eigenvalue weighted by Gasteiger charge is -2.12. The molecule has 104 valence electrons. The van der Waals surface area contributed by atoms with Crippen molar-refractivity contribution in [1.82, 2.24) is 9.55 Å². The smallest absolute Gasteiger partial charge is 0.175 e. The summed E-state index contributed by atoms with van der Waals surface area (Å²) in [5, 5.41) is 0. The van der Waals surface area contributed by atoms with Gasteiger partial charge in [-0.2, -0.15) is 0 Å². The Labute approximate surface area is 112 Å². The molecule has 6 nitrogen and oxygen atoms in total. The molecule has 19 heavy (non-hydrogen) atoms. The van der Waals surface area contributed by atoms with Crippen molar-refractivity contribution in [3.8, 4) is 0 Å². The van der Waals surface area contributed by atoms with Crippen molar-refractivity contribution < 1.29 is 13.2 Å². The van der Waals surface area contributed by atoms with Crippen LogP contribution in [0.2, 0.25) is 0 Å². The van der Waals surface area contributed by atoms with Gasteiger partial charge in [-0.05, 0) is 18.2 Å². The number of sulfone groups is 1. The van der Waals surface area contributed by atoms with Crippen LogP contribution < -0.4 is 5.73 Å². The van der Waals surface area contributed by atoms with E-state index in [0.29, 0.717) is 17.9 Å². The Morgan fingerprint density at radius 1 is 1.47 bits per heavy atom. The number of aromatic nitrogens is 2. The third-order valence-electron chi connectivity index (χ3n) is 3.10. The zero-order valence-electron chi connectivity index (χ0n) is 11.1. The van der Waals surface area contributed by atoms with Crippen LogP contribution in [0, 0.1) is 0 Å². The van der Waals surface area contributed by atoms with Crippen LogP contribution in [0.5, 0.6) is 0 Å². The molecule has 0 aliphatic carbocycles. The third kappa shape index (κ3) is 2.49. The number of hydrogen-bond acceptors (Lipinski definition) is 5. The molecule has 0 fully saturated rings. The van der Waals surface area contributed by atoms with Gasteiger partial charge < -0.3 is 15.0 Å². The summed E-state index contributed by atoms with van der Waals surface area (Å²) in [4.78, 5) is 4.68. The molecule has 7 heteroatoms. The quantitative estimate of drug-likeness (QED) is 0.889. The van der Waals surface area contributed by atoms with Crippen molar-refractivity contribution in [3.05, 3.63) is 24.0 Å². The zero-order chi connectivity index (χ0) is 14.2. The largest absolute Gasteiger partial charge is 0.372 e. The molecule has 0 spiro atoms. The Hall–Kier alpha value is -1.44. The molecule has 0 aliphatic rings. The van der Waals surface area contributed by atoms with Crippen molar-refractivity contribution in [2.45, 2.75) is 11.0 Å². The fourth-order valence-electron chi connectivity index (χ4n) is 2.02. The Kier molecular flexibility index (Phi) is 3.62. The van der Waals surface area contributed by atoms with Crippen LogP contribution in [-0.4, -0.2) is 37.9 Å². The predicted molar refractivity (Wildman–Crippen MR) is 72.6 cm³/mol. The number of imidazole rings is 1. The topological polar surface area (TPSA) is 87.2 Å². The molecule has 1 aromatic carbocycles. The van der Waals surface area contributed by atoms with E-state index in [4.69, 9.17) is 10.5 Å². The fourth-order valence-corrected chi connectivity index (χ4v) is 2.66. The second kappa shape index (κ2) is 4.92. The summed E-state index contributed by atoms with van der Waals surface area (Å²) in [7, 11) is 0.187. The van der Waals surface area contributed by atoms with Gasteiger partial charge in [-0.25, -0.2) is 13.4 Å². The first-order valence-electron chi connectivity index (χ1n) is 5.77. The molecule has 0 aliphatic heterocycles. The fraction of sp³-hybridized carbons (Fsp3) is 0.417. The van der Waals surface area contributed by atoms with E-state index in [9.17, 15) is 8.42 Å². The van der Waals surface area contributed by atoms with E-state index >= 15 is 0 Å². The van der Waals surface area contributed by atoms with Gasteiger partial charge in [0.25, 0.3) is 0 Å². The van der Waals surface area contributed by atoms with Gasteiger partial charge in [-0.3, -0.25) is 0 Å². The Morgan fingerprint density at radius 2 is 2.16 bits per heavy atom. The van der Waals surface area contributed by atoms with Crippen LogP contribution in [0.1, 0.15) is 11.9 Å². The van der Waals surface area contributed by atoms with Crippen molar-refractivity contribution >= 4 is 20.9 Å². The lowest BCUT2D eigenvalue weighted by Crippen LogP contribution is -2.17. The molecule has 2 aromatic rings. The first kappa shape index (κ1) is 14.0. The number of aryl methyl sites for hydroxylation is 1. The molecule has 0 amide bonds. The van der Waals surface area contributed by atoms with Gasteiger partial charge in [-0.15, -0.1) is 0 Å². The molecule has 1 aromatic heterocycles. The minimum atomic E-state index is -3.23. The first-order valence-corrected chi connectivity index (χ1v) is 7.67. The predicted octanol–water partition coefficient (Wildman–Crippen LogP) is 0.623. The highest BCUT2D eigenvalue weighted by atomic mass is 32.2. The van der Waals surface area contributed by atoms with Gasteiger partial charge in [0.05, 0.1) is 15.9 Å². The molecule has 1 unspecified atom stereocenters. The highest BCUT2D eigenvalue weighted by Gasteiger charge is 2.18. The molecule has 0 bridgehead atoms. The van der Waals surface area contributed by atoms with Crippen LogP contribution in [0.15, 0.2) is 23.1 Å². The van der Waals surface area contributed by atoms with Crippen LogP contribution >= 0.6 is 0 Å². The zero-order valence-corrected chi connectivity index (χ0v) is 11.9. The second-order valence-corrected chi connectivity index (χ2v) is 6.43. The monoisotopic (exact) mass is 283 g/mol. The third-order valence-corrected chi connectivity index (χ3v) is 4.21. The number of nitrogens with zero attached hydrogens (tertiary/aromatic N) is 2. The highest BCUT2D eigenvalue weighted by molar-refractivity contribution is 7.90. The SMILES string of the molecule is COC(CN)c1nc2cc(S(C)(=O)=O)ccc2n1C. The summed E-state index contributed by atoms with van der Waals surface area (Å²) in [6.07, 6.45) is 0.870. The van der Waals surface area contributed by atoms with Gasteiger partial charge in [0.1, 0.15) is 11.9 Å². The van der Waals surface area contributed by atoms with Crippen molar-refractivity contribution in [1.29, 1.82) is 0 Å². The summed E-state index contributed by atoms with van der Waals surface area (Å²) in [5.41, 5.74) is 7.10. The number of ether oxygens (including phenoxy) is 1. The number of methoxy groups -OCH3 is 1. The number of rotatable bonds is 4. The summed E-state index contributed by atoms with van der Waals surface area (Å²) in [5.74, 6) is 0.686. The van der Waals surface area contributed by atoms with E-state index in [1.165, 1.54) is 6.26 Å². The lowest BCUT2D eigenvalue weighted by molar-refractivity contribution is 0.101. The maximum absolute atomic E-state index is 11.5. The lowest BCUT2D eigenvalue weighted by atomic mass is 10.3. The maximum atomic E-state index is 11.5. The number of fused-ring (bicyclic) bond motifs is 1. The average molecular weight is 283 g/mol. The molecule has 2 N–H and O–H groups in total. The van der Waals surface area contributed by atoms with Gasteiger partial charge in [0, 0.05) is 27.0 Å². The summed E-state index contributed by atoms with van der Waals surface area (Å²) < 4.78 is 30.2. The van der Waals surface area contributed by atoms with Gasteiger partial charge >= 0.3 is 0 Å². The summed E-state index contributed by atoms with van der Waals surface area (Å²) in [6.45, 7) is 0.312. The molecule has 2 rings (SSSR count). The molecule has 1 heterocycles. The molecule has 0 radical (unpaired) electrons. The van der Waals surface area contributed by atoms with E-state index in [2.05, 4.69) is 4.98 Å². The van der Waals surface area contributed by atoms with Crippen molar-refractivity contribution in [2.75, 3.05) is 19.9 Å². The van der Waals surface area contributed by atoms with Crippen LogP contribution in [0.3, 0.4) is 0 Å². The maximum Gasteiger partial charge on any atom is 0.175 e. The minimum Gasteiger partial charge on any atom is -0.372 e. The van der Waals surface area contributed by atoms with Gasteiger partial charge in [-0.1, -0.05) is 0 Å². The van der Waals surface area contributed by atoms with Crippen LogP contribution in [-0.2, 0) is 21.6 Å². The van der Waals surface area contributed by atoms with E-state index in [1.54, 1.807) is 25.3 Å². The van der Waals surface area contributed by atoms with E-state index < -0.39 is 9.84 Å². The number of hydrogen-bond donors (Lipinski definition) is 1. The average Bonchev–Trinajstić information content (AvgIpc) is 2.67. The van der Waals surface area contributed by atoms with Gasteiger partial charge in [0.15, 0.2) is 9.84 Å². The Bertz CT molecular complexity index is 702. The molecule has 0 saturated heterocycles. The molecular weight excluding hydrogens is 266 g/mol. The minimum absolute atomic E-state index is 0.256. The van der Waals surface area contributed by atoms with Crippen molar-refractivity contribution in [2.24, 2.45) is 12.8 Å². The molecule has 1 atom stereocenters. The first-order chi connectivity index (χ1) is 8.88. The summed E-state index contributed by atoms with van der Waals surface area (Å²) in [6, 6.07) is 4.89. The van der Waals surface area contributed by atoms with E-state index in [-0.39, 0.29) is 11.0 Å². The van der Waals surface area contributed by atoms with Gasteiger partial charge in [0.2, 0.25) is 0 Å². The van der Waals surface area contributed by atoms with Crippen LogP contribution in [0.25, 0.3) is 11.0 Å². The van der Waals surface area contributed by atoms with Crippen LogP contribution in [0.4, 0.5) is 0 Å². The number of nitrogens with two attached hydrogens (primary N) is 1. The molecule has 0 saturated carbocycles. The standard InChI is InChI=1S/C12H17N3O3S/c1-15-10-5-4-8(19(3,16)17)6-9(10)14-12(15)11(7-13)18-2/h4-6,11H,7,13H2,1-3H3. The molecular formula is C12H17N3O3S. The van der Waals surface area contributed by atoms with Crippen molar-refractivity contribution in [3.63, 3.8) is 0 Å². The Balaban J connectivity index is 2.63. The second-order valence-electron chi connectivity index (χ2n) is 4.41. The normalized spacial score (nSPS) is 13.9.